The Morgan fingerprint density at radius 1 is 1.08 bits per heavy atom. The molecule has 4 N–H and O–H groups in total. The lowest BCUT2D eigenvalue weighted by atomic mass is 9.95. The summed E-state index contributed by atoms with van der Waals surface area (Å²) in [6.07, 6.45) is 6.68. The number of nitrogens with one attached hydrogen (secondary N) is 3. The van der Waals surface area contributed by atoms with Crippen LogP contribution in [-0.4, -0.2) is 54.5 Å². The Morgan fingerprint density at radius 3 is 2.50 bits per heavy atom. The zero-order valence-electron chi connectivity index (χ0n) is 14.6. The number of hydrogen-bond donors (Lipinski definition) is 4. The first-order chi connectivity index (χ1) is 11.6. The van der Waals surface area contributed by atoms with Crippen molar-refractivity contribution in [1.29, 1.82) is 0 Å². The number of urea groups is 1. The van der Waals surface area contributed by atoms with Crippen LogP contribution in [0, 0.1) is 0 Å². The number of amides is 3. The lowest BCUT2D eigenvalue weighted by Crippen LogP contribution is -2.55. The summed E-state index contributed by atoms with van der Waals surface area (Å²) in [4.78, 5) is 23.8. The zero-order chi connectivity index (χ0) is 17.4. The molecule has 1 saturated carbocycles. The van der Waals surface area contributed by atoms with E-state index < -0.39 is 6.10 Å². The Labute approximate surface area is 143 Å². The monoisotopic (exact) mass is 341 g/mol. The van der Waals surface area contributed by atoms with Crippen molar-refractivity contribution >= 4 is 11.9 Å². The van der Waals surface area contributed by atoms with Crippen LogP contribution in [0.25, 0.3) is 0 Å². The van der Waals surface area contributed by atoms with Gasteiger partial charge in [-0.3, -0.25) is 4.79 Å². The van der Waals surface area contributed by atoms with Crippen LogP contribution < -0.4 is 16.0 Å². The lowest BCUT2D eigenvalue weighted by molar-refractivity contribution is -0.130. The van der Waals surface area contributed by atoms with Gasteiger partial charge in [-0.05, 0) is 32.6 Å². The van der Waals surface area contributed by atoms with E-state index in [1.807, 2.05) is 6.92 Å². The summed E-state index contributed by atoms with van der Waals surface area (Å²) in [6.45, 7) is 2.31. The van der Waals surface area contributed by atoms with Gasteiger partial charge in [0, 0.05) is 12.6 Å². The van der Waals surface area contributed by atoms with Gasteiger partial charge in [0.2, 0.25) is 5.91 Å². The van der Waals surface area contributed by atoms with Crippen LogP contribution in [0.5, 0.6) is 0 Å². The van der Waals surface area contributed by atoms with Crippen molar-refractivity contribution < 1.29 is 19.4 Å². The molecule has 0 aromatic rings. The fraction of sp³-hybridized carbons (Fsp3) is 0.882. The van der Waals surface area contributed by atoms with Crippen LogP contribution in [0.15, 0.2) is 0 Å². The van der Waals surface area contributed by atoms with Gasteiger partial charge in [-0.1, -0.05) is 19.3 Å². The predicted molar refractivity (Wildman–Crippen MR) is 90.6 cm³/mol. The molecule has 1 heterocycles. The Balaban J connectivity index is 1.76. The van der Waals surface area contributed by atoms with Gasteiger partial charge in [-0.15, -0.1) is 0 Å². The first kappa shape index (κ1) is 19.0. The smallest absolute Gasteiger partial charge is 0.315 e. The summed E-state index contributed by atoms with van der Waals surface area (Å²) >= 11 is 0. The van der Waals surface area contributed by atoms with E-state index in [0.29, 0.717) is 25.8 Å². The molecule has 1 aliphatic carbocycles. The molecular weight excluding hydrogens is 310 g/mol. The van der Waals surface area contributed by atoms with Gasteiger partial charge in [0.1, 0.15) is 6.10 Å². The topological polar surface area (TPSA) is 99.7 Å². The second-order valence-electron chi connectivity index (χ2n) is 6.77. The molecule has 0 bridgehead atoms. The second-order valence-corrected chi connectivity index (χ2v) is 6.77. The molecule has 3 atom stereocenters. The second kappa shape index (κ2) is 9.84. The maximum atomic E-state index is 12.2. The highest BCUT2D eigenvalue weighted by Gasteiger charge is 2.33. The Hall–Kier alpha value is -1.34. The van der Waals surface area contributed by atoms with Crippen molar-refractivity contribution in [2.75, 3.05) is 13.2 Å². The van der Waals surface area contributed by atoms with E-state index in [4.69, 9.17) is 4.74 Å². The van der Waals surface area contributed by atoms with Gasteiger partial charge in [-0.25, -0.2) is 4.79 Å². The van der Waals surface area contributed by atoms with Gasteiger partial charge >= 0.3 is 6.03 Å². The third kappa shape index (κ3) is 5.94. The van der Waals surface area contributed by atoms with Crippen molar-refractivity contribution in [3.63, 3.8) is 0 Å². The SMILES string of the molecule is CCNC(=O)C[C@@H]1CC[C@H](NC(=O)NC2CCCCC2)[C@@H](CO)O1. The predicted octanol–water partition coefficient (Wildman–Crippen LogP) is 1.05. The zero-order valence-corrected chi connectivity index (χ0v) is 14.6. The fourth-order valence-corrected chi connectivity index (χ4v) is 3.57. The van der Waals surface area contributed by atoms with Crippen LogP contribution in [0.3, 0.4) is 0 Å². The molecule has 2 rings (SSSR count). The molecule has 0 unspecified atom stereocenters. The quantitative estimate of drug-likeness (QED) is 0.580. The van der Waals surface area contributed by atoms with Gasteiger partial charge in [0.05, 0.1) is 25.2 Å². The summed E-state index contributed by atoms with van der Waals surface area (Å²) in [6, 6.07) is -0.151. The Morgan fingerprint density at radius 2 is 1.83 bits per heavy atom. The largest absolute Gasteiger partial charge is 0.394 e. The number of ether oxygens (including phenoxy) is 1. The van der Waals surface area contributed by atoms with Crippen molar-refractivity contribution in [1.82, 2.24) is 16.0 Å². The number of aliphatic hydroxyl groups is 1. The molecule has 0 radical (unpaired) electrons. The normalized spacial score (nSPS) is 28.2. The molecule has 3 amide bonds. The number of carbonyl (C=O) groups excluding carboxylic acids is 2. The highest BCUT2D eigenvalue weighted by molar-refractivity contribution is 5.76. The summed E-state index contributed by atoms with van der Waals surface area (Å²) < 4.78 is 5.80. The lowest BCUT2D eigenvalue weighted by Gasteiger charge is -2.36. The summed E-state index contributed by atoms with van der Waals surface area (Å²) in [5.74, 6) is -0.0411. The van der Waals surface area contributed by atoms with E-state index in [9.17, 15) is 14.7 Å². The number of aliphatic hydroxyl groups excluding tert-OH is 1. The molecule has 7 nitrogen and oxygen atoms in total. The Bertz CT molecular complexity index is 413. The highest BCUT2D eigenvalue weighted by atomic mass is 16.5. The van der Waals surface area contributed by atoms with Crippen LogP contribution >= 0.6 is 0 Å². The van der Waals surface area contributed by atoms with Gasteiger partial charge in [-0.2, -0.15) is 0 Å². The molecule has 138 valence electrons. The summed E-state index contributed by atoms with van der Waals surface area (Å²) in [5.41, 5.74) is 0. The van der Waals surface area contributed by atoms with Gasteiger partial charge in [0.15, 0.2) is 0 Å². The van der Waals surface area contributed by atoms with Crippen molar-refractivity contribution in [3.8, 4) is 0 Å². The molecule has 7 heteroatoms. The number of hydrogen-bond acceptors (Lipinski definition) is 4. The van der Waals surface area contributed by atoms with Crippen LogP contribution in [0.1, 0.15) is 58.3 Å². The first-order valence-electron chi connectivity index (χ1n) is 9.22. The maximum Gasteiger partial charge on any atom is 0.315 e. The van der Waals surface area contributed by atoms with E-state index >= 15 is 0 Å². The third-order valence-electron chi connectivity index (χ3n) is 4.84. The number of rotatable bonds is 6. The minimum atomic E-state index is -0.463. The van der Waals surface area contributed by atoms with E-state index in [-0.39, 0.29) is 36.7 Å². The molecular formula is C17H31N3O4. The van der Waals surface area contributed by atoms with Crippen LogP contribution in [-0.2, 0) is 9.53 Å². The molecule has 1 aliphatic heterocycles. The maximum absolute atomic E-state index is 12.2. The van der Waals surface area contributed by atoms with E-state index in [2.05, 4.69) is 16.0 Å². The first-order valence-corrected chi connectivity index (χ1v) is 9.22. The van der Waals surface area contributed by atoms with Crippen LogP contribution in [0.4, 0.5) is 4.79 Å². The minimum absolute atomic E-state index is 0.0411. The minimum Gasteiger partial charge on any atom is -0.394 e. The fourth-order valence-electron chi connectivity index (χ4n) is 3.57. The van der Waals surface area contributed by atoms with E-state index in [1.165, 1.54) is 6.42 Å². The number of carbonyl (C=O) groups is 2. The van der Waals surface area contributed by atoms with Crippen molar-refractivity contribution in [2.24, 2.45) is 0 Å². The van der Waals surface area contributed by atoms with Crippen molar-refractivity contribution in [2.45, 2.75) is 82.6 Å². The summed E-state index contributed by atoms with van der Waals surface area (Å²) in [5, 5.41) is 18.3. The molecule has 0 spiro atoms. The van der Waals surface area contributed by atoms with Crippen molar-refractivity contribution in [3.05, 3.63) is 0 Å². The molecule has 2 aliphatic rings. The average Bonchev–Trinajstić information content (AvgIpc) is 2.57. The van der Waals surface area contributed by atoms with Gasteiger partial charge < -0.3 is 25.8 Å². The van der Waals surface area contributed by atoms with E-state index in [1.54, 1.807) is 0 Å². The van der Waals surface area contributed by atoms with Gasteiger partial charge in [0.25, 0.3) is 0 Å². The molecule has 24 heavy (non-hydrogen) atoms. The summed E-state index contributed by atoms with van der Waals surface area (Å²) in [7, 11) is 0. The standard InChI is InChI=1S/C17H31N3O4/c1-2-18-16(22)10-13-8-9-14(15(11-21)24-13)20-17(23)19-12-6-4-3-5-7-12/h12-15,21H,2-11H2,1H3,(H,18,22)(H2,19,20,23)/t13-,14-,15+/m0/s1. The third-order valence-corrected chi connectivity index (χ3v) is 4.84. The molecule has 1 saturated heterocycles. The molecule has 0 aromatic carbocycles. The highest BCUT2D eigenvalue weighted by Crippen LogP contribution is 2.22. The molecule has 2 fully saturated rings. The molecule has 0 aromatic heterocycles. The Kier molecular flexibility index (Phi) is 7.78. The van der Waals surface area contributed by atoms with Crippen LogP contribution in [0.2, 0.25) is 0 Å². The van der Waals surface area contributed by atoms with E-state index in [0.717, 1.165) is 25.7 Å². The average molecular weight is 341 g/mol.